The average Bonchev–Trinajstić information content (AvgIpc) is 3.11. The number of rotatable bonds is 2. The Hall–Kier alpha value is -1.69. The second kappa shape index (κ2) is 3.90. The van der Waals surface area contributed by atoms with E-state index < -0.39 is 5.97 Å². The maximum absolute atomic E-state index is 11.3. The van der Waals surface area contributed by atoms with Crippen molar-refractivity contribution in [2.45, 2.75) is 31.3 Å². The van der Waals surface area contributed by atoms with E-state index in [9.17, 15) is 9.90 Å². The van der Waals surface area contributed by atoms with Crippen LogP contribution in [0.5, 0.6) is 0 Å². The van der Waals surface area contributed by atoms with Crippen LogP contribution in [-0.4, -0.2) is 33.1 Å². The van der Waals surface area contributed by atoms with Crippen molar-refractivity contribution < 1.29 is 9.90 Å². The fourth-order valence-electron chi connectivity index (χ4n) is 3.57. The predicted molar refractivity (Wildman–Crippen MR) is 72.4 cm³/mol. The van der Waals surface area contributed by atoms with Crippen molar-refractivity contribution >= 4 is 33.3 Å². The van der Waals surface area contributed by atoms with Crippen LogP contribution in [0.25, 0.3) is 10.2 Å². The molecule has 2 aromatic rings. The Morgan fingerprint density at radius 2 is 2.32 bits per heavy atom. The smallest absolute Gasteiger partial charge is 0.308 e. The highest BCUT2D eigenvalue weighted by atomic mass is 32.1. The number of hydrogen-bond donors (Lipinski definition) is 1. The molecule has 2 aliphatic rings. The lowest BCUT2D eigenvalue weighted by atomic mass is 9.89. The van der Waals surface area contributed by atoms with Crippen LogP contribution in [0.2, 0.25) is 0 Å². The number of carboxylic acids is 1. The number of aliphatic carboxylic acids is 1. The molecule has 0 saturated carbocycles. The van der Waals surface area contributed by atoms with Crippen molar-refractivity contribution in [3.8, 4) is 0 Å². The first kappa shape index (κ1) is 11.2. The van der Waals surface area contributed by atoms with E-state index in [2.05, 4.69) is 14.9 Å². The Labute approximate surface area is 113 Å². The zero-order valence-corrected chi connectivity index (χ0v) is 11.0. The van der Waals surface area contributed by atoms with Crippen molar-refractivity contribution in [3.63, 3.8) is 0 Å². The topological polar surface area (TPSA) is 66.3 Å². The molecule has 2 saturated heterocycles. The molecule has 2 aliphatic heterocycles. The van der Waals surface area contributed by atoms with Crippen LogP contribution in [0.4, 0.5) is 5.82 Å². The summed E-state index contributed by atoms with van der Waals surface area (Å²) in [4.78, 5) is 23.2. The lowest BCUT2D eigenvalue weighted by Gasteiger charge is -2.24. The summed E-state index contributed by atoms with van der Waals surface area (Å²) >= 11 is 1.60. The number of fused-ring (bicyclic) bond motifs is 3. The second-order valence-electron chi connectivity index (χ2n) is 5.22. The molecule has 2 fully saturated rings. The van der Waals surface area contributed by atoms with Gasteiger partial charge in [0.1, 0.15) is 17.0 Å². The van der Waals surface area contributed by atoms with Crippen molar-refractivity contribution in [3.05, 3.63) is 17.8 Å². The highest BCUT2D eigenvalue weighted by Crippen LogP contribution is 2.45. The van der Waals surface area contributed by atoms with Gasteiger partial charge in [-0.1, -0.05) is 0 Å². The first-order valence-electron chi connectivity index (χ1n) is 6.45. The van der Waals surface area contributed by atoms with E-state index >= 15 is 0 Å². The fraction of sp³-hybridized carbons (Fsp3) is 0.462. The van der Waals surface area contributed by atoms with Gasteiger partial charge in [0, 0.05) is 12.1 Å². The van der Waals surface area contributed by atoms with Gasteiger partial charge in [0.05, 0.1) is 11.3 Å². The van der Waals surface area contributed by atoms with Crippen LogP contribution in [0.15, 0.2) is 17.8 Å². The Balaban J connectivity index is 1.81. The molecule has 4 heterocycles. The normalized spacial score (nSPS) is 29.3. The van der Waals surface area contributed by atoms with Gasteiger partial charge in [0.2, 0.25) is 0 Å². The standard InChI is InChI=1S/C13H13N3O2S/c17-13(18)9-5-7-1-2-10(9)16(7)11-8-3-4-19-12(8)15-6-14-11/h3-4,6-7,9-10H,1-2,5H2,(H,17,18). The summed E-state index contributed by atoms with van der Waals surface area (Å²) in [5.74, 6) is -0.00211. The first-order valence-corrected chi connectivity index (χ1v) is 7.33. The fourth-order valence-corrected chi connectivity index (χ4v) is 4.29. The molecule has 3 atom stereocenters. The van der Waals surface area contributed by atoms with E-state index in [4.69, 9.17) is 0 Å². The Morgan fingerprint density at radius 1 is 1.42 bits per heavy atom. The minimum absolute atomic E-state index is 0.0977. The van der Waals surface area contributed by atoms with E-state index in [0.717, 1.165) is 35.3 Å². The molecular weight excluding hydrogens is 262 g/mol. The van der Waals surface area contributed by atoms with Crippen LogP contribution < -0.4 is 4.90 Å². The summed E-state index contributed by atoms with van der Waals surface area (Å²) in [7, 11) is 0. The number of hydrogen-bond acceptors (Lipinski definition) is 5. The molecule has 6 heteroatoms. The summed E-state index contributed by atoms with van der Waals surface area (Å²) in [6.07, 6.45) is 4.36. The van der Waals surface area contributed by atoms with Crippen molar-refractivity contribution in [1.29, 1.82) is 0 Å². The molecule has 0 amide bonds. The molecule has 5 nitrogen and oxygen atoms in total. The molecule has 4 rings (SSSR count). The number of nitrogens with zero attached hydrogens (tertiary/aromatic N) is 3. The molecule has 19 heavy (non-hydrogen) atoms. The Bertz CT molecular complexity index is 656. The number of anilines is 1. The summed E-state index contributed by atoms with van der Waals surface area (Å²) in [6, 6.07) is 2.45. The lowest BCUT2D eigenvalue weighted by molar-refractivity contribution is -0.142. The van der Waals surface area contributed by atoms with Gasteiger partial charge in [0.15, 0.2) is 0 Å². The highest BCUT2D eigenvalue weighted by Gasteiger charge is 2.50. The van der Waals surface area contributed by atoms with Crippen LogP contribution in [0, 0.1) is 5.92 Å². The van der Waals surface area contributed by atoms with Gasteiger partial charge in [0.25, 0.3) is 0 Å². The molecule has 98 valence electrons. The highest BCUT2D eigenvalue weighted by molar-refractivity contribution is 7.16. The van der Waals surface area contributed by atoms with Crippen molar-refractivity contribution in [2.24, 2.45) is 5.92 Å². The summed E-state index contributed by atoms with van der Waals surface area (Å²) in [6.45, 7) is 0. The molecule has 0 radical (unpaired) electrons. The van der Waals surface area contributed by atoms with Crippen molar-refractivity contribution in [1.82, 2.24) is 9.97 Å². The van der Waals surface area contributed by atoms with Crippen LogP contribution in [0.3, 0.4) is 0 Å². The Morgan fingerprint density at radius 3 is 3.11 bits per heavy atom. The number of carbonyl (C=O) groups is 1. The van der Waals surface area contributed by atoms with E-state index in [1.807, 2.05) is 11.4 Å². The molecule has 0 aliphatic carbocycles. The van der Waals surface area contributed by atoms with E-state index in [1.165, 1.54) is 0 Å². The molecule has 0 spiro atoms. The minimum Gasteiger partial charge on any atom is -0.481 e. The number of carboxylic acid groups (broad SMARTS) is 1. The van der Waals surface area contributed by atoms with Gasteiger partial charge >= 0.3 is 5.97 Å². The van der Waals surface area contributed by atoms with E-state index in [1.54, 1.807) is 17.7 Å². The summed E-state index contributed by atoms with van der Waals surface area (Å²) in [5, 5.41) is 12.4. The quantitative estimate of drug-likeness (QED) is 0.909. The largest absolute Gasteiger partial charge is 0.481 e. The van der Waals surface area contributed by atoms with Crippen LogP contribution in [-0.2, 0) is 4.79 Å². The third-order valence-electron chi connectivity index (χ3n) is 4.34. The summed E-state index contributed by atoms with van der Waals surface area (Å²) < 4.78 is 0. The first-order chi connectivity index (χ1) is 9.25. The molecule has 3 unspecified atom stereocenters. The van der Waals surface area contributed by atoms with E-state index in [-0.39, 0.29) is 12.0 Å². The SMILES string of the molecule is O=C(O)C1CC2CCC1N2c1ncnc2sccc12. The predicted octanol–water partition coefficient (Wildman–Crippen LogP) is 2.13. The average molecular weight is 275 g/mol. The van der Waals surface area contributed by atoms with Crippen molar-refractivity contribution in [2.75, 3.05) is 4.90 Å². The zero-order valence-electron chi connectivity index (χ0n) is 10.2. The van der Waals surface area contributed by atoms with Gasteiger partial charge in [-0.25, -0.2) is 9.97 Å². The second-order valence-corrected chi connectivity index (χ2v) is 6.12. The molecule has 1 N–H and O–H groups in total. The molecule has 0 aromatic carbocycles. The van der Waals surface area contributed by atoms with Gasteiger partial charge in [-0.05, 0) is 30.7 Å². The Kier molecular flexibility index (Phi) is 2.29. The van der Waals surface area contributed by atoms with Crippen LogP contribution >= 0.6 is 11.3 Å². The van der Waals surface area contributed by atoms with Gasteiger partial charge in [-0.15, -0.1) is 11.3 Å². The zero-order chi connectivity index (χ0) is 13.0. The maximum Gasteiger partial charge on any atom is 0.308 e. The molecule has 2 aromatic heterocycles. The van der Waals surface area contributed by atoms with E-state index in [0.29, 0.717) is 6.04 Å². The monoisotopic (exact) mass is 275 g/mol. The lowest BCUT2D eigenvalue weighted by Crippen LogP contribution is -2.33. The molecule has 2 bridgehead atoms. The van der Waals surface area contributed by atoms with Gasteiger partial charge < -0.3 is 10.0 Å². The maximum atomic E-state index is 11.3. The third kappa shape index (κ3) is 1.49. The number of aromatic nitrogens is 2. The van der Waals surface area contributed by atoms with Crippen LogP contribution in [0.1, 0.15) is 19.3 Å². The summed E-state index contributed by atoms with van der Waals surface area (Å²) in [5.41, 5.74) is 0. The van der Waals surface area contributed by atoms with Gasteiger partial charge in [-0.2, -0.15) is 0 Å². The van der Waals surface area contributed by atoms with Gasteiger partial charge in [-0.3, -0.25) is 4.79 Å². The third-order valence-corrected chi connectivity index (χ3v) is 5.16. The number of thiophene rings is 1. The minimum atomic E-state index is -0.673. The molecular formula is C13H13N3O2S.